The smallest absolute Gasteiger partial charge is 0.252 e. The Kier molecular flexibility index (Phi) is 12.0. The number of aromatic nitrogens is 1. The molecule has 5 heteroatoms. The number of thiophene rings is 1. The van der Waals surface area contributed by atoms with E-state index in [0.29, 0.717) is 0 Å². The third-order valence-corrected chi connectivity index (χ3v) is 21.4. The maximum atomic E-state index is 2.70. The molecule has 442 valence electrons. The molecule has 3 nitrogen and oxygen atoms in total. The van der Waals surface area contributed by atoms with Crippen molar-refractivity contribution >= 4 is 154 Å². The van der Waals surface area contributed by atoms with Gasteiger partial charge in [-0.05, 0) is 206 Å². The molecule has 0 aliphatic carbocycles. The molecule has 0 spiro atoms. The van der Waals surface area contributed by atoms with Gasteiger partial charge in [-0.25, -0.2) is 0 Å². The van der Waals surface area contributed by atoms with E-state index < -0.39 is 0 Å². The zero-order valence-corrected chi connectivity index (χ0v) is 55.1. The molecule has 0 radical (unpaired) electrons. The summed E-state index contributed by atoms with van der Waals surface area (Å²) in [6.45, 7) is 28.3. The van der Waals surface area contributed by atoms with E-state index in [0.717, 1.165) is 5.69 Å². The minimum absolute atomic E-state index is 0.126. The minimum atomic E-state index is -0.127. The molecule has 0 saturated heterocycles. The van der Waals surface area contributed by atoms with E-state index in [1.165, 1.54) is 169 Å². The van der Waals surface area contributed by atoms with Crippen LogP contribution in [0, 0.1) is 0 Å². The molecular formula is C86H74BN3S. The zero-order valence-electron chi connectivity index (χ0n) is 54.3. The molecule has 0 bridgehead atoms. The van der Waals surface area contributed by atoms with Crippen molar-refractivity contribution in [3.63, 3.8) is 0 Å². The predicted molar refractivity (Wildman–Crippen MR) is 398 cm³/mol. The van der Waals surface area contributed by atoms with Gasteiger partial charge in [0.25, 0.3) is 6.71 Å². The van der Waals surface area contributed by atoms with Crippen molar-refractivity contribution in [2.24, 2.45) is 0 Å². The fourth-order valence-electron chi connectivity index (χ4n) is 15.2. The van der Waals surface area contributed by atoms with E-state index in [9.17, 15) is 0 Å². The fourth-order valence-corrected chi connectivity index (χ4v) is 16.3. The molecule has 0 N–H and O–H groups in total. The van der Waals surface area contributed by atoms with E-state index in [1.54, 1.807) is 0 Å². The van der Waals surface area contributed by atoms with Crippen LogP contribution in [0.3, 0.4) is 0 Å². The van der Waals surface area contributed by atoms with Gasteiger partial charge in [0, 0.05) is 70.8 Å². The molecule has 13 aromatic carbocycles. The lowest BCUT2D eigenvalue weighted by Gasteiger charge is -2.45. The number of hydrogen-bond acceptors (Lipinski definition) is 3. The highest BCUT2D eigenvalue weighted by molar-refractivity contribution is 7.25. The van der Waals surface area contributed by atoms with Crippen LogP contribution in [0.5, 0.6) is 0 Å². The van der Waals surface area contributed by atoms with Crippen molar-refractivity contribution in [1.82, 2.24) is 4.57 Å². The molecule has 4 heterocycles. The maximum Gasteiger partial charge on any atom is 0.252 e. The summed E-state index contributed by atoms with van der Waals surface area (Å²) in [5, 5.41) is 15.1. The number of para-hydroxylation sites is 1. The third-order valence-electron chi connectivity index (χ3n) is 20.2. The van der Waals surface area contributed by atoms with Crippen LogP contribution >= 0.6 is 11.3 Å². The van der Waals surface area contributed by atoms with Crippen molar-refractivity contribution in [3.05, 3.63) is 253 Å². The summed E-state index contributed by atoms with van der Waals surface area (Å²) in [7, 11) is 0. The first-order valence-corrected chi connectivity index (χ1v) is 33.4. The van der Waals surface area contributed by atoms with Crippen LogP contribution in [0.4, 0.5) is 34.1 Å². The van der Waals surface area contributed by atoms with Gasteiger partial charge in [-0.15, -0.1) is 11.3 Å². The van der Waals surface area contributed by atoms with E-state index in [1.807, 2.05) is 11.3 Å². The number of rotatable bonds is 4. The Morgan fingerprint density at radius 3 is 1.26 bits per heavy atom. The quantitative estimate of drug-likeness (QED) is 0.129. The monoisotopic (exact) mass is 1190 g/mol. The van der Waals surface area contributed by atoms with Gasteiger partial charge >= 0.3 is 0 Å². The van der Waals surface area contributed by atoms with Gasteiger partial charge < -0.3 is 14.4 Å². The molecule has 91 heavy (non-hydrogen) atoms. The van der Waals surface area contributed by atoms with Crippen LogP contribution in [0.2, 0.25) is 0 Å². The molecular weight excluding hydrogens is 1120 g/mol. The molecule has 0 saturated carbocycles. The second-order valence-electron chi connectivity index (χ2n) is 30.3. The van der Waals surface area contributed by atoms with Gasteiger partial charge in [0.05, 0.1) is 11.0 Å². The number of benzene rings is 13. The first-order chi connectivity index (χ1) is 43.6. The molecule has 17 rings (SSSR count). The van der Waals surface area contributed by atoms with Gasteiger partial charge in [0.2, 0.25) is 0 Å². The molecule has 0 atom stereocenters. The Hall–Kier alpha value is -9.42. The zero-order chi connectivity index (χ0) is 62.4. The first kappa shape index (κ1) is 55.6. The summed E-state index contributed by atoms with van der Waals surface area (Å²) in [6.07, 6.45) is 0. The summed E-state index contributed by atoms with van der Waals surface area (Å²) in [5.74, 6) is 0. The first-order valence-electron chi connectivity index (χ1n) is 32.6. The van der Waals surface area contributed by atoms with Crippen LogP contribution in [0.25, 0.3) is 102 Å². The average Bonchev–Trinajstić information content (AvgIpc) is 1.26. The van der Waals surface area contributed by atoms with Crippen molar-refractivity contribution < 1.29 is 0 Å². The summed E-state index contributed by atoms with van der Waals surface area (Å²) in [5.41, 5.74) is 21.8. The molecule has 2 aliphatic rings. The summed E-state index contributed by atoms with van der Waals surface area (Å²) in [6, 6.07) is 89.8. The second kappa shape index (κ2) is 19.5. The van der Waals surface area contributed by atoms with E-state index in [-0.39, 0.29) is 28.4 Å². The van der Waals surface area contributed by atoms with E-state index in [4.69, 9.17) is 0 Å². The van der Waals surface area contributed by atoms with Crippen molar-refractivity contribution in [2.75, 3.05) is 9.80 Å². The average molecular weight is 1190 g/mol. The highest BCUT2D eigenvalue weighted by atomic mass is 32.1. The lowest BCUT2D eigenvalue weighted by molar-refractivity contribution is 0.568. The largest absolute Gasteiger partial charge is 0.311 e. The van der Waals surface area contributed by atoms with Crippen LogP contribution in [-0.4, -0.2) is 11.3 Å². The highest BCUT2D eigenvalue weighted by Gasteiger charge is 2.45. The van der Waals surface area contributed by atoms with Crippen molar-refractivity contribution in [1.29, 1.82) is 0 Å². The summed E-state index contributed by atoms with van der Waals surface area (Å²) >= 11 is 1.89. The standard InChI is InChI=1S/C86H74BN3S/c1-83(2,3)57-41-58(84(4,5)6)44-62(43-57)89-76-47-67-54(32-30-51-22-16-18-26-64(51)67)37-72(76)87-73-38-55-33-31-52-23-17-19-27-65(52)68(55)48-77(73)90(63-45-59(85(7,8)9)42-60(46-63)86(10,11)12)79-40-56(39-78(89)82(79)87)53-34-35-74-69(36-53)70-50-81-71(66-28-20-21-29-80(66)91-81)49-75(70)88(74)61-24-14-13-15-25-61/h13-50H,1-12H3. The Labute approximate surface area is 538 Å². The Morgan fingerprint density at radius 1 is 0.286 bits per heavy atom. The normalized spacial score (nSPS) is 13.6. The maximum absolute atomic E-state index is 2.70. The second-order valence-corrected chi connectivity index (χ2v) is 31.4. The number of fused-ring (bicyclic) bond motifs is 16. The van der Waals surface area contributed by atoms with Crippen LogP contribution in [0.1, 0.15) is 105 Å². The Morgan fingerprint density at radius 2 is 0.747 bits per heavy atom. The van der Waals surface area contributed by atoms with Crippen LogP contribution in [-0.2, 0) is 21.7 Å². The van der Waals surface area contributed by atoms with Gasteiger partial charge in [0.15, 0.2) is 0 Å². The van der Waals surface area contributed by atoms with Gasteiger partial charge in [0.1, 0.15) is 0 Å². The van der Waals surface area contributed by atoms with Gasteiger partial charge in [-0.1, -0.05) is 223 Å². The van der Waals surface area contributed by atoms with Crippen molar-refractivity contribution in [2.45, 2.75) is 105 Å². The van der Waals surface area contributed by atoms with E-state index in [2.05, 4.69) is 328 Å². The highest BCUT2D eigenvalue weighted by Crippen LogP contribution is 2.51. The third kappa shape index (κ3) is 8.74. The SMILES string of the molecule is CC(C)(C)c1cc(N2c3cc4c(ccc5ccccc54)cc3B3c4cc5ccc6ccccc6c5cc4N(c4cc(C(C)(C)C)cc(C(C)(C)C)c4)c4cc(-c5ccc6c(c5)c5cc7sc8ccccc8c7cc5n6-c5ccccc5)cc2c43)cc(C(C)(C)C)c1. The molecule has 15 aromatic rings. The molecule has 2 aromatic heterocycles. The molecule has 2 aliphatic heterocycles. The van der Waals surface area contributed by atoms with Gasteiger partial charge in [-0.2, -0.15) is 0 Å². The molecule has 0 amide bonds. The van der Waals surface area contributed by atoms with E-state index >= 15 is 0 Å². The summed E-state index contributed by atoms with van der Waals surface area (Å²) in [4.78, 5) is 5.39. The van der Waals surface area contributed by atoms with Gasteiger partial charge in [-0.3, -0.25) is 0 Å². The molecule has 0 unspecified atom stereocenters. The molecule has 0 fully saturated rings. The topological polar surface area (TPSA) is 11.4 Å². The number of nitrogens with zero attached hydrogens (tertiary/aromatic N) is 3. The lowest BCUT2D eigenvalue weighted by Crippen LogP contribution is -2.61. The lowest BCUT2D eigenvalue weighted by atomic mass is 9.33. The Bertz CT molecular complexity index is 5310. The number of anilines is 6. The van der Waals surface area contributed by atoms with Crippen LogP contribution in [0.15, 0.2) is 231 Å². The minimum Gasteiger partial charge on any atom is -0.311 e. The fraction of sp³-hybridized carbons (Fsp3) is 0.186. The Balaban J connectivity index is 1.04. The van der Waals surface area contributed by atoms with Crippen molar-refractivity contribution in [3.8, 4) is 16.8 Å². The van der Waals surface area contributed by atoms with Crippen LogP contribution < -0.4 is 26.2 Å². The summed E-state index contributed by atoms with van der Waals surface area (Å²) < 4.78 is 5.11. The predicted octanol–water partition coefficient (Wildman–Crippen LogP) is 22.7. The number of hydrogen-bond donors (Lipinski definition) is 0.